The van der Waals surface area contributed by atoms with Gasteiger partial charge in [0.1, 0.15) is 0 Å². The Bertz CT molecular complexity index is 493. The van der Waals surface area contributed by atoms with Crippen LogP contribution in [0.1, 0.15) is 0 Å². The number of carboxylic acids is 1. The fourth-order valence-electron chi connectivity index (χ4n) is 1.19. The topological polar surface area (TPSA) is 96.7 Å². The van der Waals surface area contributed by atoms with Crippen LogP contribution in [-0.4, -0.2) is 41.8 Å². The molecule has 2 N–H and O–H groups in total. The smallest absolute Gasteiger partial charge is 0.313 e. The number of rotatable bonds is 4. The standard InChI is InChI=1S/C8H9N5O2S/c1-13-7(5-2-9-10-3-5)11-12-8(13)16-4-6(14)15/h2-3H,4H2,1H3,(H,9,10)(H,14,15). The molecule has 0 aliphatic heterocycles. The SMILES string of the molecule is Cn1c(SCC(=O)O)nnc1-c1cn[nH]c1. The zero-order valence-electron chi connectivity index (χ0n) is 8.41. The number of hydrogen-bond acceptors (Lipinski definition) is 5. The van der Waals surface area contributed by atoms with E-state index in [4.69, 9.17) is 5.11 Å². The molecule has 0 amide bonds. The number of carboxylic acid groups (broad SMARTS) is 1. The molecule has 0 bridgehead atoms. The molecule has 0 aromatic carbocycles. The number of carbonyl (C=O) groups is 1. The summed E-state index contributed by atoms with van der Waals surface area (Å²) in [4.78, 5) is 10.4. The van der Waals surface area contributed by atoms with E-state index in [1.54, 1.807) is 24.0 Å². The van der Waals surface area contributed by atoms with Crippen molar-refractivity contribution in [2.45, 2.75) is 5.16 Å². The van der Waals surface area contributed by atoms with E-state index in [2.05, 4.69) is 20.4 Å². The van der Waals surface area contributed by atoms with E-state index in [0.717, 1.165) is 17.3 Å². The van der Waals surface area contributed by atoms with Crippen molar-refractivity contribution in [3.05, 3.63) is 12.4 Å². The van der Waals surface area contributed by atoms with Crippen molar-refractivity contribution in [2.24, 2.45) is 7.05 Å². The van der Waals surface area contributed by atoms with Gasteiger partial charge in [-0.05, 0) is 0 Å². The minimum atomic E-state index is -0.877. The number of thioether (sulfide) groups is 1. The maximum atomic E-state index is 10.4. The molecular weight excluding hydrogens is 230 g/mol. The molecule has 2 rings (SSSR count). The molecule has 0 fully saturated rings. The normalized spacial score (nSPS) is 10.6. The van der Waals surface area contributed by atoms with Crippen molar-refractivity contribution >= 4 is 17.7 Å². The summed E-state index contributed by atoms with van der Waals surface area (Å²) >= 11 is 1.13. The quantitative estimate of drug-likeness (QED) is 0.749. The van der Waals surface area contributed by atoms with Crippen molar-refractivity contribution in [1.82, 2.24) is 25.0 Å². The highest BCUT2D eigenvalue weighted by molar-refractivity contribution is 7.99. The molecule has 0 saturated carbocycles. The summed E-state index contributed by atoms with van der Waals surface area (Å²) in [5.41, 5.74) is 0.817. The van der Waals surface area contributed by atoms with Crippen LogP contribution in [0.5, 0.6) is 0 Å². The monoisotopic (exact) mass is 239 g/mol. The summed E-state index contributed by atoms with van der Waals surface area (Å²) in [7, 11) is 1.78. The maximum Gasteiger partial charge on any atom is 0.313 e. The summed E-state index contributed by atoms with van der Waals surface area (Å²) in [6.07, 6.45) is 3.34. The fourth-order valence-corrected chi connectivity index (χ4v) is 1.82. The van der Waals surface area contributed by atoms with Crippen LogP contribution >= 0.6 is 11.8 Å². The average molecular weight is 239 g/mol. The van der Waals surface area contributed by atoms with Gasteiger partial charge in [-0.15, -0.1) is 10.2 Å². The number of aromatic amines is 1. The molecule has 16 heavy (non-hydrogen) atoms. The highest BCUT2D eigenvalue weighted by atomic mass is 32.2. The average Bonchev–Trinajstić information content (AvgIpc) is 2.84. The Kier molecular flexibility index (Phi) is 2.91. The van der Waals surface area contributed by atoms with Crippen molar-refractivity contribution in [3.63, 3.8) is 0 Å². The lowest BCUT2D eigenvalue weighted by Crippen LogP contribution is -2.00. The minimum absolute atomic E-state index is 0.0304. The van der Waals surface area contributed by atoms with Crippen LogP contribution in [0.2, 0.25) is 0 Å². The summed E-state index contributed by atoms with van der Waals surface area (Å²) in [5, 5.41) is 23.5. The molecule has 2 aromatic rings. The lowest BCUT2D eigenvalue weighted by Gasteiger charge is -1.99. The second-order valence-electron chi connectivity index (χ2n) is 3.03. The first kappa shape index (κ1) is 10.7. The van der Waals surface area contributed by atoms with Crippen LogP contribution in [-0.2, 0) is 11.8 Å². The molecule has 7 nitrogen and oxygen atoms in total. The Morgan fingerprint density at radius 2 is 2.44 bits per heavy atom. The molecule has 2 aromatic heterocycles. The highest BCUT2D eigenvalue weighted by Gasteiger charge is 2.12. The summed E-state index contributed by atoms with van der Waals surface area (Å²) in [5.74, 6) is -0.253. The molecular formula is C8H9N5O2S. The molecule has 0 spiro atoms. The van der Waals surface area contributed by atoms with E-state index in [9.17, 15) is 4.79 Å². The summed E-state index contributed by atoms with van der Waals surface area (Å²) < 4.78 is 1.73. The van der Waals surface area contributed by atoms with Crippen LogP contribution in [0.25, 0.3) is 11.4 Å². The van der Waals surface area contributed by atoms with Crippen LogP contribution < -0.4 is 0 Å². The zero-order valence-corrected chi connectivity index (χ0v) is 9.23. The van der Waals surface area contributed by atoms with E-state index in [0.29, 0.717) is 11.0 Å². The molecule has 0 radical (unpaired) electrons. The van der Waals surface area contributed by atoms with Gasteiger partial charge in [-0.25, -0.2) is 0 Å². The first-order valence-corrected chi connectivity index (χ1v) is 5.40. The molecule has 0 aliphatic rings. The van der Waals surface area contributed by atoms with Gasteiger partial charge >= 0.3 is 5.97 Å². The molecule has 2 heterocycles. The van der Waals surface area contributed by atoms with E-state index in [-0.39, 0.29) is 5.75 Å². The predicted octanol–water partition coefficient (Wildman–Crippen LogP) is 0.382. The van der Waals surface area contributed by atoms with Crippen LogP contribution in [0.15, 0.2) is 17.6 Å². The number of nitrogens with zero attached hydrogens (tertiary/aromatic N) is 4. The molecule has 84 valence electrons. The Morgan fingerprint density at radius 3 is 3.06 bits per heavy atom. The number of hydrogen-bond donors (Lipinski definition) is 2. The van der Waals surface area contributed by atoms with Gasteiger partial charge in [-0.3, -0.25) is 9.89 Å². The van der Waals surface area contributed by atoms with Gasteiger partial charge in [0, 0.05) is 13.2 Å². The van der Waals surface area contributed by atoms with Gasteiger partial charge in [-0.2, -0.15) is 5.10 Å². The maximum absolute atomic E-state index is 10.4. The lowest BCUT2D eigenvalue weighted by molar-refractivity contribution is -0.133. The second-order valence-corrected chi connectivity index (χ2v) is 3.98. The van der Waals surface area contributed by atoms with Gasteiger partial charge in [-0.1, -0.05) is 11.8 Å². The van der Waals surface area contributed by atoms with Crippen molar-refractivity contribution in [1.29, 1.82) is 0 Å². The zero-order chi connectivity index (χ0) is 11.5. The second kappa shape index (κ2) is 4.35. The van der Waals surface area contributed by atoms with E-state index in [1.807, 2.05) is 0 Å². The Labute approximate surface area is 94.9 Å². The number of H-pyrrole nitrogens is 1. The van der Waals surface area contributed by atoms with E-state index < -0.39 is 5.97 Å². The summed E-state index contributed by atoms with van der Waals surface area (Å²) in [6.45, 7) is 0. The van der Waals surface area contributed by atoms with E-state index in [1.165, 1.54) is 0 Å². The minimum Gasteiger partial charge on any atom is -0.481 e. The predicted molar refractivity (Wildman–Crippen MR) is 56.9 cm³/mol. The van der Waals surface area contributed by atoms with Gasteiger partial charge in [0.15, 0.2) is 11.0 Å². The van der Waals surface area contributed by atoms with Gasteiger partial charge < -0.3 is 9.67 Å². The van der Waals surface area contributed by atoms with Crippen LogP contribution in [0.4, 0.5) is 0 Å². The molecule has 0 unspecified atom stereocenters. The lowest BCUT2D eigenvalue weighted by atomic mass is 10.3. The molecule has 0 aliphatic carbocycles. The van der Waals surface area contributed by atoms with Crippen molar-refractivity contribution in [3.8, 4) is 11.4 Å². The van der Waals surface area contributed by atoms with E-state index >= 15 is 0 Å². The third-order valence-electron chi connectivity index (χ3n) is 1.92. The van der Waals surface area contributed by atoms with Gasteiger partial charge in [0.05, 0.1) is 17.5 Å². The third kappa shape index (κ3) is 2.06. The Hall–Kier alpha value is -1.83. The van der Waals surface area contributed by atoms with Crippen LogP contribution in [0.3, 0.4) is 0 Å². The number of aromatic nitrogens is 5. The molecule has 0 atom stereocenters. The highest BCUT2D eigenvalue weighted by Crippen LogP contribution is 2.21. The number of aliphatic carboxylic acids is 1. The third-order valence-corrected chi connectivity index (χ3v) is 2.92. The van der Waals surface area contributed by atoms with Gasteiger partial charge in [0.2, 0.25) is 0 Å². The van der Waals surface area contributed by atoms with Crippen molar-refractivity contribution < 1.29 is 9.90 Å². The first-order valence-electron chi connectivity index (χ1n) is 4.41. The van der Waals surface area contributed by atoms with Crippen LogP contribution in [0, 0.1) is 0 Å². The largest absolute Gasteiger partial charge is 0.481 e. The fraction of sp³-hybridized carbons (Fsp3) is 0.250. The Balaban J connectivity index is 2.21. The Morgan fingerprint density at radius 1 is 1.62 bits per heavy atom. The molecule has 0 saturated heterocycles. The molecule has 8 heteroatoms. The number of nitrogens with one attached hydrogen (secondary N) is 1. The summed E-state index contributed by atoms with van der Waals surface area (Å²) in [6, 6.07) is 0. The van der Waals surface area contributed by atoms with Crippen molar-refractivity contribution in [2.75, 3.05) is 5.75 Å². The first-order chi connectivity index (χ1) is 7.68. The van der Waals surface area contributed by atoms with Gasteiger partial charge in [0.25, 0.3) is 0 Å².